The smallest absolute Gasteiger partial charge is 0.408 e. The van der Waals surface area contributed by atoms with E-state index in [0.29, 0.717) is 5.69 Å². The molecule has 0 spiro atoms. The van der Waals surface area contributed by atoms with Crippen LogP contribution in [0.3, 0.4) is 0 Å². The largest absolute Gasteiger partial charge is 0.480 e. The van der Waals surface area contributed by atoms with Gasteiger partial charge in [0.05, 0.1) is 0 Å². The lowest BCUT2D eigenvalue weighted by molar-refractivity contribution is -0.139. The van der Waals surface area contributed by atoms with Gasteiger partial charge in [-0.25, -0.2) is 9.59 Å². The lowest BCUT2D eigenvalue weighted by Crippen LogP contribution is -2.48. The highest BCUT2D eigenvalue weighted by Gasteiger charge is 2.22. The van der Waals surface area contributed by atoms with E-state index in [1.165, 1.54) is 0 Å². The summed E-state index contributed by atoms with van der Waals surface area (Å²) in [6.07, 6.45) is -0.879. The van der Waals surface area contributed by atoms with Gasteiger partial charge >= 0.3 is 12.1 Å². The number of hydrogen-bond acceptors (Lipinski definition) is 4. The summed E-state index contributed by atoms with van der Waals surface area (Å²) >= 11 is 0. The van der Waals surface area contributed by atoms with Crippen LogP contribution in [-0.4, -0.2) is 40.6 Å². The van der Waals surface area contributed by atoms with Gasteiger partial charge in [-0.15, -0.1) is 0 Å². The van der Waals surface area contributed by atoms with Crippen molar-refractivity contribution < 1.29 is 24.2 Å². The number of fused-ring (bicyclic) bond motifs is 1. The van der Waals surface area contributed by atoms with Crippen LogP contribution in [0, 0.1) is 0 Å². The van der Waals surface area contributed by atoms with Crippen molar-refractivity contribution in [1.29, 1.82) is 0 Å². The van der Waals surface area contributed by atoms with E-state index in [1.54, 1.807) is 30.3 Å². The second kappa shape index (κ2) is 8.72. The van der Waals surface area contributed by atoms with Gasteiger partial charge in [0.15, 0.2) is 0 Å². The van der Waals surface area contributed by atoms with Crippen LogP contribution in [0.15, 0.2) is 60.7 Å². The molecule has 0 saturated heterocycles. The highest BCUT2D eigenvalue weighted by molar-refractivity contribution is 5.98. The fourth-order valence-corrected chi connectivity index (χ4v) is 2.59. The molecule has 0 aliphatic rings. The van der Waals surface area contributed by atoms with Crippen LogP contribution in [-0.2, 0) is 16.1 Å². The van der Waals surface area contributed by atoms with E-state index < -0.39 is 24.0 Å². The predicted molar refractivity (Wildman–Crippen MR) is 102 cm³/mol. The number of H-pyrrole nitrogens is 1. The number of para-hydroxylation sites is 1. The van der Waals surface area contributed by atoms with Crippen molar-refractivity contribution in [1.82, 2.24) is 15.6 Å². The SMILES string of the molecule is O=C(N[C@H](CNC(=O)c1cc2ccccc2[nH]1)C(=O)O)OCc1ccccc1. The average Bonchev–Trinajstić information content (AvgIpc) is 3.14. The van der Waals surface area contributed by atoms with Gasteiger partial charge < -0.3 is 25.5 Å². The quantitative estimate of drug-likeness (QED) is 0.500. The van der Waals surface area contributed by atoms with Crippen LogP contribution < -0.4 is 10.6 Å². The standard InChI is InChI=1S/C20H19N3O5/c24-18(16-10-14-8-4-5-9-15(14)22-16)21-11-17(19(25)26)23-20(27)28-12-13-6-2-1-3-7-13/h1-10,17,22H,11-12H2,(H,21,24)(H,23,27)(H,25,26)/t17-/m1/s1. The van der Waals surface area contributed by atoms with E-state index in [1.807, 2.05) is 30.3 Å². The summed E-state index contributed by atoms with van der Waals surface area (Å²) in [5.74, 6) is -1.75. The Balaban J connectivity index is 1.53. The van der Waals surface area contributed by atoms with Gasteiger partial charge in [0.2, 0.25) is 0 Å². The molecule has 2 aromatic carbocycles. The van der Waals surface area contributed by atoms with Crippen LogP contribution in [0.5, 0.6) is 0 Å². The molecule has 0 aliphatic heterocycles. The van der Waals surface area contributed by atoms with Gasteiger partial charge in [0.25, 0.3) is 5.91 Å². The van der Waals surface area contributed by atoms with Gasteiger partial charge in [-0.3, -0.25) is 4.79 Å². The van der Waals surface area contributed by atoms with Gasteiger partial charge in [-0.05, 0) is 17.7 Å². The van der Waals surface area contributed by atoms with E-state index in [-0.39, 0.29) is 13.2 Å². The lowest BCUT2D eigenvalue weighted by atomic mass is 10.2. The second-order valence-corrected chi connectivity index (χ2v) is 6.08. The number of aromatic nitrogens is 1. The first-order chi connectivity index (χ1) is 13.5. The number of alkyl carbamates (subject to hydrolysis) is 1. The molecule has 1 heterocycles. The molecule has 3 aromatic rings. The van der Waals surface area contributed by atoms with Gasteiger partial charge in [0.1, 0.15) is 18.3 Å². The summed E-state index contributed by atoms with van der Waals surface area (Å²) in [7, 11) is 0. The zero-order valence-electron chi connectivity index (χ0n) is 14.8. The van der Waals surface area contributed by atoms with Crippen LogP contribution in [0.4, 0.5) is 4.79 Å². The van der Waals surface area contributed by atoms with Crippen molar-refractivity contribution in [2.45, 2.75) is 12.6 Å². The van der Waals surface area contributed by atoms with Gasteiger partial charge in [-0.2, -0.15) is 0 Å². The Morgan fingerprint density at radius 1 is 1.04 bits per heavy atom. The molecule has 2 amide bonds. The first-order valence-electron chi connectivity index (χ1n) is 8.59. The highest BCUT2D eigenvalue weighted by atomic mass is 16.5. The molecule has 0 bridgehead atoms. The Labute approximate surface area is 160 Å². The summed E-state index contributed by atoms with van der Waals surface area (Å²) in [6, 6.07) is 16.7. The Morgan fingerprint density at radius 3 is 2.46 bits per heavy atom. The van der Waals surface area contributed by atoms with Crippen LogP contribution in [0.1, 0.15) is 16.1 Å². The van der Waals surface area contributed by atoms with E-state index in [4.69, 9.17) is 4.74 Å². The Kier molecular flexibility index (Phi) is 5.91. The number of carboxylic acid groups (broad SMARTS) is 1. The summed E-state index contributed by atoms with van der Waals surface area (Å²) in [6.45, 7) is -0.273. The van der Waals surface area contributed by atoms with E-state index in [2.05, 4.69) is 15.6 Å². The number of aromatic amines is 1. The fourth-order valence-electron chi connectivity index (χ4n) is 2.59. The molecule has 0 fully saturated rings. The molecule has 4 N–H and O–H groups in total. The third-order valence-electron chi connectivity index (χ3n) is 4.04. The summed E-state index contributed by atoms with van der Waals surface area (Å²) < 4.78 is 5.01. The molecule has 1 atom stereocenters. The van der Waals surface area contributed by atoms with Crippen molar-refractivity contribution in [3.05, 3.63) is 71.9 Å². The molecule has 1 aromatic heterocycles. The minimum atomic E-state index is -1.32. The number of rotatable bonds is 7. The molecule has 3 rings (SSSR count). The number of amides is 2. The topological polar surface area (TPSA) is 121 Å². The van der Waals surface area contributed by atoms with Crippen molar-refractivity contribution >= 4 is 28.9 Å². The highest BCUT2D eigenvalue weighted by Crippen LogP contribution is 2.14. The Hall–Kier alpha value is -3.81. The van der Waals surface area contributed by atoms with Gasteiger partial charge in [-0.1, -0.05) is 48.5 Å². The van der Waals surface area contributed by atoms with Gasteiger partial charge in [0, 0.05) is 17.4 Å². The third-order valence-corrected chi connectivity index (χ3v) is 4.04. The molecular weight excluding hydrogens is 362 g/mol. The first kappa shape index (κ1) is 19.0. The maximum Gasteiger partial charge on any atom is 0.408 e. The van der Waals surface area contributed by atoms with E-state index in [0.717, 1.165) is 16.5 Å². The summed E-state index contributed by atoms with van der Waals surface area (Å²) in [5.41, 5.74) is 1.87. The zero-order valence-corrected chi connectivity index (χ0v) is 14.8. The number of aliphatic carboxylic acids is 1. The molecule has 8 nitrogen and oxygen atoms in total. The third kappa shape index (κ3) is 4.88. The Bertz CT molecular complexity index is 951. The monoisotopic (exact) mass is 381 g/mol. The molecule has 0 unspecified atom stereocenters. The molecular formula is C20H19N3O5. The number of carbonyl (C=O) groups is 3. The maximum atomic E-state index is 12.3. The number of ether oxygens (including phenoxy) is 1. The average molecular weight is 381 g/mol. The summed E-state index contributed by atoms with van der Waals surface area (Å²) in [5, 5.41) is 14.9. The number of carboxylic acids is 1. The second-order valence-electron chi connectivity index (χ2n) is 6.08. The predicted octanol–water partition coefficient (Wildman–Crippen LogP) is 2.28. The molecule has 0 saturated carbocycles. The number of nitrogens with one attached hydrogen (secondary N) is 3. The summed E-state index contributed by atoms with van der Waals surface area (Å²) in [4.78, 5) is 38.4. The molecule has 0 aliphatic carbocycles. The minimum Gasteiger partial charge on any atom is -0.480 e. The lowest BCUT2D eigenvalue weighted by Gasteiger charge is -2.15. The maximum absolute atomic E-state index is 12.3. The first-order valence-corrected chi connectivity index (χ1v) is 8.59. The zero-order chi connectivity index (χ0) is 19.9. The van der Waals surface area contributed by atoms with Crippen LogP contribution in [0.25, 0.3) is 10.9 Å². The fraction of sp³-hybridized carbons (Fsp3) is 0.150. The molecule has 0 radical (unpaired) electrons. The normalized spacial score (nSPS) is 11.6. The van der Waals surface area contributed by atoms with Crippen LogP contribution in [0.2, 0.25) is 0 Å². The minimum absolute atomic E-state index is 0.0143. The van der Waals surface area contributed by atoms with E-state index >= 15 is 0 Å². The Morgan fingerprint density at radius 2 is 1.75 bits per heavy atom. The van der Waals surface area contributed by atoms with Crippen LogP contribution >= 0.6 is 0 Å². The number of carbonyl (C=O) groups excluding carboxylic acids is 2. The van der Waals surface area contributed by atoms with Crippen molar-refractivity contribution in [2.75, 3.05) is 6.54 Å². The van der Waals surface area contributed by atoms with E-state index in [9.17, 15) is 19.5 Å². The molecule has 8 heteroatoms. The molecule has 144 valence electrons. The number of hydrogen-bond donors (Lipinski definition) is 4. The van der Waals surface area contributed by atoms with Crippen molar-refractivity contribution in [3.63, 3.8) is 0 Å². The number of benzene rings is 2. The molecule has 28 heavy (non-hydrogen) atoms. The van der Waals surface area contributed by atoms with Crippen molar-refractivity contribution in [3.8, 4) is 0 Å². The van der Waals surface area contributed by atoms with Crippen molar-refractivity contribution in [2.24, 2.45) is 0 Å².